The van der Waals surface area contributed by atoms with E-state index in [4.69, 9.17) is 5.73 Å². The van der Waals surface area contributed by atoms with Gasteiger partial charge in [0, 0.05) is 24.9 Å². The lowest BCUT2D eigenvalue weighted by Crippen LogP contribution is -2.22. The summed E-state index contributed by atoms with van der Waals surface area (Å²) < 4.78 is 0. The Balaban J connectivity index is 2.24. The van der Waals surface area contributed by atoms with E-state index in [0.717, 1.165) is 25.9 Å². The predicted octanol–water partition coefficient (Wildman–Crippen LogP) is 0.635. The molecule has 0 aliphatic carbocycles. The summed E-state index contributed by atoms with van der Waals surface area (Å²) in [5, 5.41) is 0. The van der Waals surface area contributed by atoms with Gasteiger partial charge in [-0.2, -0.15) is 0 Å². The summed E-state index contributed by atoms with van der Waals surface area (Å²) in [4.78, 5) is 13.8. The summed E-state index contributed by atoms with van der Waals surface area (Å²) in [6.07, 6.45) is 2.53. The number of hydrogen-bond donors (Lipinski definition) is 1. The minimum atomic E-state index is 0.156. The van der Waals surface area contributed by atoms with E-state index in [1.807, 2.05) is 6.92 Å². The summed E-state index contributed by atoms with van der Waals surface area (Å²) in [5.41, 5.74) is 5.60. The average Bonchev–Trinajstić information content (AvgIpc) is 2.47. The van der Waals surface area contributed by atoms with Gasteiger partial charge >= 0.3 is 0 Å². The van der Waals surface area contributed by atoms with Gasteiger partial charge in [0.1, 0.15) is 5.78 Å². The van der Waals surface area contributed by atoms with Gasteiger partial charge in [-0.05, 0) is 33.4 Å². The first kappa shape index (κ1) is 10.7. The molecule has 0 aromatic carbocycles. The quantitative estimate of drug-likeness (QED) is 0.697. The van der Waals surface area contributed by atoms with Gasteiger partial charge in [-0.1, -0.05) is 0 Å². The molecule has 3 nitrogen and oxygen atoms in total. The van der Waals surface area contributed by atoms with E-state index >= 15 is 0 Å². The predicted molar refractivity (Wildman–Crippen MR) is 53.5 cm³/mol. The van der Waals surface area contributed by atoms with Crippen LogP contribution in [0.15, 0.2) is 0 Å². The molecule has 76 valence electrons. The van der Waals surface area contributed by atoms with E-state index < -0.39 is 0 Å². The van der Waals surface area contributed by atoms with Crippen molar-refractivity contribution in [1.82, 2.24) is 4.90 Å². The molecule has 2 atom stereocenters. The van der Waals surface area contributed by atoms with Crippen molar-refractivity contribution in [3.05, 3.63) is 0 Å². The van der Waals surface area contributed by atoms with Crippen LogP contribution in [0.3, 0.4) is 0 Å². The molecular formula is C10H20N2O. The molecule has 1 aliphatic heterocycles. The molecule has 0 aromatic heterocycles. The van der Waals surface area contributed by atoms with E-state index in [9.17, 15) is 4.79 Å². The standard InChI is InChI=1S/C10H20N2O/c1-8(11)3-4-10(13)9-5-6-12(2)7-9/h8-9H,3-7,11H2,1-2H3. The molecule has 2 unspecified atom stereocenters. The maximum Gasteiger partial charge on any atom is 0.137 e. The first-order valence-corrected chi connectivity index (χ1v) is 5.06. The van der Waals surface area contributed by atoms with Gasteiger partial charge in [0.15, 0.2) is 0 Å². The van der Waals surface area contributed by atoms with Crippen molar-refractivity contribution < 1.29 is 4.79 Å². The first-order chi connectivity index (χ1) is 6.09. The first-order valence-electron chi connectivity index (χ1n) is 5.06. The van der Waals surface area contributed by atoms with Gasteiger partial charge in [0.2, 0.25) is 0 Å². The lowest BCUT2D eigenvalue weighted by molar-refractivity contribution is -0.122. The van der Waals surface area contributed by atoms with Crippen LogP contribution in [0.2, 0.25) is 0 Å². The maximum absolute atomic E-state index is 11.6. The summed E-state index contributed by atoms with van der Waals surface area (Å²) in [6, 6.07) is 0.156. The van der Waals surface area contributed by atoms with Gasteiger partial charge in [0.05, 0.1) is 0 Å². The van der Waals surface area contributed by atoms with Crippen molar-refractivity contribution in [1.29, 1.82) is 0 Å². The van der Waals surface area contributed by atoms with Crippen LogP contribution in [0.25, 0.3) is 0 Å². The van der Waals surface area contributed by atoms with Crippen LogP contribution >= 0.6 is 0 Å². The van der Waals surface area contributed by atoms with Crippen LogP contribution in [-0.2, 0) is 4.79 Å². The van der Waals surface area contributed by atoms with E-state index in [1.165, 1.54) is 0 Å². The van der Waals surface area contributed by atoms with E-state index in [1.54, 1.807) is 0 Å². The number of carbonyl (C=O) groups is 1. The summed E-state index contributed by atoms with van der Waals surface area (Å²) in [7, 11) is 2.07. The molecule has 0 spiro atoms. The molecule has 1 saturated heterocycles. The molecule has 0 radical (unpaired) electrons. The fourth-order valence-electron chi connectivity index (χ4n) is 1.77. The van der Waals surface area contributed by atoms with Crippen molar-refractivity contribution in [2.45, 2.75) is 32.2 Å². The van der Waals surface area contributed by atoms with Crippen molar-refractivity contribution in [2.75, 3.05) is 20.1 Å². The van der Waals surface area contributed by atoms with E-state index in [2.05, 4.69) is 11.9 Å². The molecule has 1 aliphatic rings. The highest BCUT2D eigenvalue weighted by atomic mass is 16.1. The molecular weight excluding hydrogens is 164 g/mol. The maximum atomic E-state index is 11.6. The molecule has 1 fully saturated rings. The lowest BCUT2D eigenvalue weighted by Gasteiger charge is -2.10. The Bertz CT molecular complexity index is 180. The third kappa shape index (κ3) is 3.44. The number of rotatable bonds is 4. The minimum Gasteiger partial charge on any atom is -0.328 e. The van der Waals surface area contributed by atoms with Crippen LogP contribution in [0.5, 0.6) is 0 Å². The van der Waals surface area contributed by atoms with Crippen LogP contribution in [-0.4, -0.2) is 36.9 Å². The Kier molecular flexibility index (Phi) is 3.88. The summed E-state index contributed by atoms with van der Waals surface area (Å²) >= 11 is 0. The Morgan fingerprint density at radius 2 is 2.38 bits per heavy atom. The second-order valence-electron chi connectivity index (χ2n) is 4.23. The average molecular weight is 184 g/mol. The normalized spacial score (nSPS) is 26.2. The van der Waals surface area contributed by atoms with Crippen LogP contribution < -0.4 is 5.73 Å². The topological polar surface area (TPSA) is 46.3 Å². The van der Waals surface area contributed by atoms with Crippen molar-refractivity contribution in [2.24, 2.45) is 11.7 Å². The van der Waals surface area contributed by atoms with Gasteiger partial charge < -0.3 is 10.6 Å². The highest BCUT2D eigenvalue weighted by Gasteiger charge is 2.25. The number of nitrogens with two attached hydrogens (primary N) is 1. The number of carbonyl (C=O) groups excluding carboxylic acids is 1. The Hall–Kier alpha value is -0.410. The summed E-state index contributed by atoms with van der Waals surface area (Å²) in [6.45, 7) is 3.96. The summed E-state index contributed by atoms with van der Waals surface area (Å²) in [5.74, 6) is 0.686. The third-order valence-electron chi connectivity index (χ3n) is 2.69. The molecule has 13 heavy (non-hydrogen) atoms. The molecule has 1 rings (SSSR count). The fraction of sp³-hybridized carbons (Fsp3) is 0.900. The molecule has 0 aromatic rings. The molecule has 1 heterocycles. The largest absolute Gasteiger partial charge is 0.328 e. The monoisotopic (exact) mass is 184 g/mol. The zero-order valence-corrected chi connectivity index (χ0v) is 8.62. The van der Waals surface area contributed by atoms with Crippen molar-refractivity contribution in [3.8, 4) is 0 Å². The molecule has 0 amide bonds. The van der Waals surface area contributed by atoms with Gasteiger partial charge in [-0.3, -0.25) is 4.79 Å². The van der Waals surface area contributed by atoms with Gasteiger partial charge in [-0.15, -0.1) is 0 Å². The smallest absolute Gasteiger partial charge is 0.137 e. The number of ketones is 1. The number of nitrogens with zero attached hydrogens (tertiary/aromatic N) is 1. The minimum absolute atomic E-state index is 0.156. The van der Waals surface area contributed by atoms with Crippen LogP contribution in [0.1, 0.15) is 26.2 Å². The number of Topliss-reactive ketones (excluding diaryl/α,β-unsaturated/α-hetero) is 1. The third-order valence-corrected chi connectivity index (χ3v) is 2.69. The second kappa shape index (κ2) is 4.72. The van der Waals surface area contributed by atoms with E-state index in [-0.39, 0.29) is 12.0 Å². The second-order valence-corrected chi connectivity index (χ2v) is 4.23. The lowest BCUT2D eigenvalue weighted by atomic mass is 9.98. The number of likely N-dealkylation sites (tertiary alicyclic amines) is 1. The fourth-order valence-corrected chi connectivity index (χ4v) is 1.77. The Labute approximate surface area is 80.3 Å². The number of hydrogen-bond acceptors (Lipinski definition) is 3. The molecule has 0 bridgehead atoms. The Morgan fingerprint density at radius 1 is 1.69 bits per heavy atom. The SMILES string of the molecule is CC(N)CCC(=O)C1CCN(C)C1. The molecule has 3 heteroatoms. The Morgan fingerprint density at radius 3 is 2.85 bits per heavy atom. The highest BCUT2D eigenvalue weighted by Crippen LogP contribution is 2.17. The van der Waals surface area contributed by atoms with Crippen LogP contribution in [0, 0.1) is 5.92 Å². The van der Waals surface area contributed by atoms with Crippen molar-refractivity contribution >= 4 is 5.78 Å². The highest BCUT2D eigenvalue weighted by molar-refractivity contribution is 5.81. The molecule has 2 N–H and O–H groups in total. The van der Waals surface area contributed by atoms with Crippen molar-refractivity contribution in [3.63, 3.8) is 0 Å². The van der Waals surface area contributed by atoms with E-state index in [0.29, 0.717) is 12.2 Å². The van der Waals surface area contributed by atoms with Crippen LogP contribution in [0.4, 0.5) is 0 Å². The zero-order chi connectivity index (χ0) is 9.84. The van der Waals surface area contributed by atoms with Gasteiger partial charge in [-0.25, -0.2) is 0 Å². The molecule has 0 saturated carbocycles. The zero-order valence-electron chi connectivity index (χ0n) is 8.62. The van der Waals surface area contributed by atoms with Gasteiger partial charge in [0.25, 0.3) is 0 Å².